The molecule has 2 N–H and O–H groups in total. The van der Waals surface area contributed by atoms with Crippen molar-refractivity contribution in [3.05, 3.63) is 22.3 Å². The van der Waals surface area contributed by atoms with Gasteiger partial charge < -0.3 is 15.3 Å². The van der Waals surface area contributed by atoms with Crippen LogP contribution in [-0.2, 0) is 28.7 Å². The summed E-state index contributed by atoms with van der Waals surface area (Å²) in [5.74, 6) is -1.62. The van der Waals surface area contributed by atoms with E-state index in [0.29, 0.717) is 12.1 Å². The second-order valence-corrected chi connectivity index (χ2v) is 9.31. The van der Waals surface area contributed by atoms with Gasteiger partial charge in [-0.3, -0.25) is 18.6 Å². The number of carbonyl (C=O) groups excluding carboxylic acids is 3. The van der Waals surface area contributed by atoms with Crippen LogP contribution in [0.2, 0.25) is 0 Å². The van der Waals surface area contributed by atoms with Crippen LogP contribution in [0.4, 0.5) is 0 Å². The van der Waals surface area contributed by atoms with Gasteiger partial charge in [0.2, 0.25) is 0 Å². The van der Waals surface area contributed by atoms with Crippen LogP contribution in [0, 0.1) is 0 Å². The Labute approximate surface area is 171 Å². The Kier molecular flexibility index (Phi) is 8.06. The molecule has 0 radical (unpaired) electrons. The Balaban J connectivity index is 3.24. The van der Waals surface area contributed by atoms with Crippen molar-refractivity contribution >= 4 is 27.6 Å². The Bertz CT molecular complexity index is 867. The number of aliphatic hydroxyl groups is 1. The lowest BCUT2D eigenvalue weighted by Crippen LogP contribution is -2.55. The second-order valence-electron chi connectivity index (χ2n) is 7.71. The smallest absolute Gasteiger partial charge is 0.264 e. The zero-order chi connectivity index (χ0) is 22.7. The van der Waals surface area contributed by atoms with Crippen molar-refractivity contribution in [2.75, 3.05) is 33.4 Å². The van der Waals surface area contributed by atoms with Crippen LogP contribution in [0.3, 0.4) is 0 Å². The van der Waals surface area contributed by atoms with E-state index in [-0.39, 0.29) is 29.0 Å². The molecule has 0 aromatic rings. The number of amides is 1. The van der Waals surface area contributed by atoms with Crippen molar-refractivity contribution in [3.63, 3.8) is 0 Å². The van der Waals surface area contributed by atoms with Crippen LogP contribution in [0.25, 0.3) is 0 Å². The van der Waals surface area contributed by atoms with Crippen LogP contribution in [0.15, 0.2) is 22.3 Å². The summed E-state index contributed by atoms with van der Waals surface area (Å²) in [6.45, 7) is 6.32. The highest BCUT2D eigenvalue weighted by atomic mass is 32.2. The van der Waals surface area contributed by atoms with Crippen molar-refractivity contribution in [1.29, 1.82) is 0 Å². The second kappa shape index (κ2) is 9.29. The van der Waals surface area contributed by atoms with Gasteiger partial charge >= 0.3 is 0 Å². The van der Waals surface area contributed by atoms with Gasteiger partial charge in [0.25, 0.3) is 16.0 Å². The quantitative estimate of drug-likeness (QED) is 0.385. The average Bonchev–Trinajstić information content (AvgIpc) is 2.59. The van der Waals surface area contributed by atoms with E-state index in [1.54, 1.807) is 14.1 Å². The minimum Gasteiger partial charge on any atom is -0.378 e. The van der Waals surface area contributed by atoms with Crippen molar-refractivity contribution in [3.8, 4) is 0 Å². The maximum atomic E-state index is 12.7. The predicted molar refractivity (Wildman–Crippen MR) is 108 cm³/mol. The number of rotatable bonds is 9. The standard InChI is InChI=1S/C19H30N2O7S/c1-11-12(2)17(23)14(13(3)16(11)22)10-15(28-29(7,26)27)19(4,25)18(24)20-8-9-21(5)6/h15,25H,8-10H2,1-7H3,(H,20,24). The maximum Gasteiger partial charge on any atom is 0.264 e. The monoisotopic (exact) mass is 430 g/mol. The van der Waals surface area contributed by atoms with Gasteiger partial charge in [-0.05, 0) is 41.8 Å². The number of nitrogens with zero attached hydrogens (tertiary/aromatic N) is 1. The first-order valence-corrected chi connectivity index (χ1v) is 10.9. The van der Waals surface area contributed by atoms with E-state index in [9.17, 15) is 27.9 Å². The molecule has 0 saturated heterocycles. The molecule has 164 valence electrons. The summed E-state index contributed by atoms with van der Waals surface area (Å²) in [5.41, 5.74) is -1.55. The Morgan fingerprint density at radius 3 is 2.14 bits per heavy atom. The summed E-state index contributed by atoms with van der Waals surface area (Å²) in [4.78, 5) is 39.4. The molecule has 1 aliphatic carbocycles. The van der Waals surface area contributed by atoms with Gasteiger partial charge in [-0.2, -0.15) is 8.42 Å². The number of likely N-dealkylation sites (N-methyl/N-ethyl adjacent to an activating group) is 1. The fourth-order valence-electron chi connectivity index (χ4n) is 2.84. The SMILES string of the molecule is CC1=C(C)C(=O)C(CC(OS(C)(=O)=O)C(C)(O)C(=O)NCCN(C)C)=C(C)C1=O. The zero-order valence-corrected chi connectivity index (χ0v) is 18.8. The normalized spacial score (nSPS) is 18.9. The van der Waals surface area contributed by atoms with Gasteiger partial charge in [-0.25, -0.2) is 0 Å². The lowest BCUT2D eigenvalue weighted by molar-refractivity contribution is -0.147. The van der Waals surface area contributed by atoms with Crippen molar-refractivity contribution in [2.24, 2.45) is 0 Å². The predicted octanol–water partition coefficient (Wildman–Crippen LogP) is -0.0452. The molecule has 1 rings (SSSR count). The van der Waals surface area contributed by atoms with E-state index in [2.05, 4.69) is 5.32 Å². The first kappa shape index (κ1) is 25.2. The van der Waals surface area contributed by atoms with Crippen LogP contribution in [0.1, 0.15) is 34.1 Å². The summed E-state index contributed by atoms with van der Waals surface area (Å²) in [6.07, 6.45) is -1.23. The first-order valence-electron chi connectivity index (χ1n) is 9.09. The number of ketones is 2. The molecule has 2 atom stereocenters. The number of nitrogens with one attached hydrogen (secondary N) is 1. The number of hydrogen-bond acceptors (Lipinski definition) is 8. The Hall–Kier alpha value is -1.88. The fraction of sp³-hybridized carbons (Fsp3) is 0.632. The van der Waals surface area contributed by atoms with Crippen molar-refractivity contribution in [1.82, 2.24) is 10.2 Å². The van der Waals surface area contributed by atoms with Crippen LogP contribution in [0.5, 0.6) is 0 Å². The molecule has 29 heavy (non-hydrogen) atoms. The third kappa shape index (κ3) is 6.30. The lowest BCUT2D eigenvalue weighted by Gasteiger charge is -2.32. The van der Waals surface area contributed by atoms with E-state index in [1.165, 1.54) is 20.8 Å². The van der Waals surface area contributed by atoms with Crippen LogP contribution in [-0.4, -0.2) is 81.0 Å². The zero-order valence-electron chi connectivity index (χ0n) is 18.0. The molecule has 0 spiro atoms. The molecule has 0 fully saturated rings. The van der Waals surface area contributed by atoms with Gasteiger partial charge in [-0.1, -0.05) is 0 Å². The summed E-state index contributed by atoms with van der Waals surface area (Å²) >= 11 is 0. The summed E-state index contributed by atoms with van der Waals surface area (Å²) in [6, 6.07) is 0. The molecular formula is C19H30N2O7S. The molecule has 0 bridgehead atoms. The molecule has 2 unspecified atom stereocenters. The first-order chi connectivity index (χ1) is 13.1. The minimum absolute atomic E-state index is 0.0214. The van der Waals surface area contributed by atoms with Gasteiger partial charge in [-0.15, -0.1) is 0 Å². The van der Waals surface area contributed by atoms with E-state index in [4.69, 9.17) is 4.18 Å². The minimum atomic E-state index is -4.08. The number of allylic oxidation sites excluding steroid dienone is 3. The van der Waals surface area contributed by atoms with Crippen LogP contribution < -0.4 is 5.32 Å². The molecule has 0 saturated carbocycles. The highest BCUT2D eigenvalue weighted by molar-refractivity contribution is 7.86. The largest absolute Gasteiger partial charge is 0.378 e. The van der Waals surface area contributed by atoms with Crippen LogP contribution >= 0.6 is 0 Å². The van der Waals surface area contributed by atoms with Gasteiger partial charge in [0.1, 0.15) is 6.10 Å². The molecule has 0 heterocycles. The lowest BCUT2D eigenvalue weighted by atomic mass is 9.81. The maximum absolute atomic E-state index is 12.7. The van der Waals surface area contributed by atoms with E-state index in [1.807, 2.05) is 4.90 Å². The molecule has 9 nitrogen and oxygen atoms in total. The van der Waals surface area contributed by atoms with Gasteiger partial charge in [0.15, 0.2) is 17.2 Å². The number of hydrogen-bond donors (Lipinski definition) is 2. The molecule has 0 aliphatic heterocycles. The summed E-state index contributed by atoms with van der Waals surface area (Å²) in [5, 5.41) is 13.3. The number of Topliss-reactive ketones (excluding diaryl/α,β-unsaturated/α-hetero) is 2. The van der Waals surface area contributed by atoms with Crippen molar-refractivity contribution in [2.45, 2.75) is 45.8 Å². The molecule has 10 heteroatoms. The summed E-state index contributed by atoms with van der Waals surface area (Å²) < 4.78 is 28.5. The van der Waals surface area contributed by atoms with Gasteiger partial charge in [0.05, 0.1) is 6.26 Å². The Morgan fingerprint density at radius 2 is 1.66 bits per heavy atom. The average molecular weight is 431 g/mol. The van der Waals surface area contributed by atoms with Gasteiger partial charge in [0, 0.05) is 41.8 Å². The van der Waals surface area contributed by atoms with E-state index < -0.39 is 39.9 Å². The highest BCUT2D eigenvalue weighted by Gasteiger charge is 2.44. The third-order valence-corrected chi connectivity index (χ3v) is 5.50. The molecule has 0 aromatic carbocycles. The molecule has 0 aromatic heterocycles. The van der Waals surface area contributed by atoms with E-state index in [0.717, 1.165) is 13.2 Å². The molecule has 1 amide bonds. The van der Waals surface area contributed by atoms with Crippen molar-refractivity contribution < 1.29 is 32.1 Å². The summed E-state index contributed by atoms with van der Waals surface area (Å²) in [7, 11) is -0.468. The molecular weight excluding hydrogens is 400 g/mol. The molecule has 1 aliphatic rings. The highest BCUT2D eigenvalue weighted by Crippen LogP contribution is 2.31. The third-order valence-electron chi connectivity index (χ3n) is 4.92. The Morgan fingerprint density at radius 1 is 1.14 bits per heavy atom. The topological polar surface area (TPSA) is 130 Å². The number of carbonyl (C=O) groups is 3. The fourth-order valence-corrected chi connectivity index (χ4v) is 3.52. The van der Waals surface area contributed by atoms with E-state index >= 15 is 0 Å².